The summed E-state index contributed by atoms with van der Waals surface area (Å²) in [7, 11) is 0. The van der Waals surface area contributed by atoms with Crippen LogP contribution in [-0.4, -0.2) is 28.2 Å². The highest BCUT2D eigenvalue weighted by Crippen LogP contribution is 2.31. The third kappa shape index (κ3) is 5.34. The second kappa shape index (κ2) is 8.53. The summed E-state index contributed by atoms with van der Waals surface area (Å²) in [5, 5.41) is 3.26. The van der Waals surface area contributed by atoms with Crippen molar-refractivity contribution in [3.8, 4) is 0 Å². The number of rotatable bonds is 6. The fraction of sp³-hybridized carbons (Fsp3) is 0.312. The van der Waals surface area contributed by atoms with Gasteiger partial charge in [0, 0.05) is 25.4 Å². The van der Waals surface area contributed by atoms with Gasteiger partial charge >= 0.3 is 6.18 Å². The molecular weight excluding hydrogens is 375 g/mol. The van der Waals surface area contributed by atoms with Gasteiger partial charge in [-0.3, -0.25) is 9.78 Å². The van der Waals surface area contributed by atoms with E-state index in [1.54, 1.807) is 18.3 Å². The van der Waals surface area contributed by atoms with Crippen LogP contribution in [0.2, 0.25) is 5.02 Å². The van der Waals surface area contributed by atoms with Crippen molar-refractivity contribution < 1.29 is 18.0 Å². The molecule has 0 bridgehead atoms. The molecular formula is C16H15ClF3N3OS. The second-order valence-electron chi connectivity index (χ2n) is 4.95. The number of carbonyl (C=O) groups is 1. The summed E-state index contributed by atoms with van der Waals surface area (Å²) in [4.78, 5) is 20.1. The first-order valence-electron chi connectivity index (χ1n) is 7.40. The highest BCUT2D eigenvalue weighted by Gasteiger charge is 2.31. The lowest BCUT2D eigenvalue weighted by Gasteiger charge is -2.10. The summed E-state index contributed by atoms with van der Waals surface area (Å²) >= 11 is 7.30. The van der Waals surface area contributed by atoms with E-state index in [2.05, 4.69) is 15.3 Å². The molecule has 0 spiro atoms. The normalized spacial score (nSPS) is 11.4. The van der Waals surface area contributed by atoms with Crippen LogP contribution >= 0.6 is 23.4 Å². The lowest BCUT2D eigenvalue weighted by molar-refractivity contribution is -0.137. The zero-order valence-electron chi connectivity index (χ0n) is 13.2. The molecule has 0 aliphatic heterocycles. The van der Waals surface area contributed by atoms with Gasteiger partial charge in [0.1, 0.15) is 5.03 Å². The summed E-state index contributed by atoms with van der Waals surface area (Å²) in [5.74, 6) is 0.481. The number of aromatic nitrogens is 2. The summed E-state index contributed by atoms with van der Waals surface area (Å²) in [5.41, 5.74) is -0.146. The van der Waals surface area contributed by atoms with Crippen LogP contribution in [0.15, 0.2) is 35.6 Å². The van der Waals surface area contributed by atoms with Crippen molar-refractivity contribution in [2.24, 2.45) is 0 Å². The molecule has 2 rings (SSSR count). The minimum Gasteiger partial charge on any atom is -0.352 e. The Morgan fingerprint density at radius 2 is 2.12 bits per heavy atom. The Kier molecular flexibility index (Phi) is 6.66. The third-order valence-electron chi connectivity index (χ3n) is 3.19. The number of amides is 1. The van der Waals surface area contributed by atoms with Gasteiger partial charge in [-0.1, -0.05) is 18.5 Å². The number of halogens is 4. The van der Waals surface area contributed by atoms with E-state index in [4.69, 9.17) is 11.6 Å². The Balaban J connectivity index is 1.98. The highest BCUT2D eigenvalue weighted by atomic mass is 35.5. The number of alkyl halides is 3. The van der Waals surface area contributed by atoms with Crippen LogP contribution in [0.25, 0.3) is 0 Å². The Bertz CT molecular complexity index is 756. The summed E-state index contributed by atoms with van der Waals surface area (Å²) in [6.07, 6.45) is -1.92. The van der Waals surface area contributed by atoms with Crippen LogP contribution in [-0.2, 0) is 12.6 Å². The van der Waals surface area contributed by atoms with Gasteiger partial charge in [-0.05, 0) is 24.0 Å². The van der Waals surface area contributed by atoms with Gasteiger partial charge in [0.15, 0.2) is 0 Å². The van der Waals surface area contributed by atoms with E-state index >= 15 is 0 Å². The van der Waals surface area contributed by atoms with Crippen molar-refractivity contribution in [1.29, 1.82) is 0 Å². The predicted molar refractivity (Wildman–Crippen MR) is 90.9 cm³/mol. The smallest absolute Gasteiger partial charge is 0.352 e. The lowest BCUT2D eigenvalue weighted by atomic mass is 10.2. The predicted octanol–water partition coefficient (Wildman–Crippen LogP) is 4.23. The monoisotopic (exact) mass is 389 g/mol. The topological polar surface area (TPSA) is 54.9 Å². The van der Waals surface area contributed by atoms with Gasteiger partial charge in [0.25, 0.3) is 5.91 Å². The van der Waals surface area contributed by atoms with E-state index in [0.29, 0.717) is 16.3 Å². The number of nitrogens with zero attached hydrogens (tertiary/aromatic N) is 2. The fourth-order valence-electron chi connectivity index (χ4n) is 2.01. The zero-order valence-corrected chi connectivity index (χ0v) is 14.8. The number of carbonyl (C=O) groups excluding carboxylic acids is 1. The summed E-state index contributed by atoms with van der Waals surface area (Å²) in [6.45, 7) is 2.15. The average Bonchev–Trinajstić information content (AvgIpc) is 2.56. The minimum atomic E-state index is -4.49. The molecule has 1 N–H and O–H groups in total. The first-order valence-corrected chi connectivity index (χ1v) is 8.77. The maximum atomic E-state index is 12.6. The standard InChI is InChI=1S/C16H15ClF3N3OS/c1-2-25-15-11(4-3-6-22-15)14(24)21-7-5-13-12(17)8-10(9-23-13)16(18,19)20/h3-4,6,8-9H,2,5,7H2,1H3,(H,21,24). The highest BCUT2D eigenvalue weighted by molar-refractivity contribution is 7.99. The molecule has 2 heterocycles. The molecule has 2 aromatic heterocycles. The molecule has 0 unspecified atom stereocenters. The largest absolute Gasteiger partial charge is 0.417 e. The van der Waals surface area contributed by atoms with E-state index in [9.17, 15) is 18.0 Å². The molecule has 2 aromatic rings. The number of nitrogens with one attached hydrogen (secondary N) is 1. The van der Waals surface area contributed by atoms with Gasteiger partial charge in [-0.2, -0.15) is 13.2 Å². The molecule has 0 aromatic carbocycles. The third-order valence-corrected chi connectivity index (χ3v) is 4.40. The lowest BCUT2D eigenvalue weighted by Crippen LogP contribution is -2.26. The second-order valence-corrected chi connectivity index (χ2v) is 6.61. The van der Waals surface area contributed by atoms with E-state index in [-0.39, 0.29) is 23.9 Å². The summed E-state index contributed by atoms with van der Waals surface area (Å²) < 4.78 is 37.7. The van der Waals surface area contributed by atoms with Gasteiger partial charge in [-0.25, -0.2) is 4.98 Å². The van der Waals surface area contributed by atoms with Crippen LogP contribution in [0.5, 0.6) is 0 Å². The van der Waals surface area contributed by atoms with E-state index in [1.807, 2.05) is 6.92 Å². The Morgan fingerprint density at radius 1 is 1.36 bits per heavy atom. The number of hydrogen-bond acceptors (Lipinski definition) is 4. The molecule has 0 saturated carbocycles. The Morgan fingerprint density at radius 3 is 2.76 bits per heavy atom. The van der Waals surface area contributed by atoms with Crippen molar-refractivity contribution >= 4 is 29.3 Å². The molecule has 0 aliphatic carbocycles. The van der Waals surface area contributed by atoms with Gasteiger partial charge in [0.2, 0.25) is 0 Å². The number of hydrogen-bond donors (Lipinski definition) is 1. The van der Waals surface area contributed by atoms with Crippen molar-refractivity contribution in [2.45, 2.75) is 24.5 Å². The van der Waals surface area contributed by atoms with Crippen molar-refractivity contribution in [3.05, 3.63) is 52.4 Å². The van der Waals surface area contributed by atoms with Crippen LogP contribution in [0.4, 0.5) is 13.2 Å². The molecule has 25 heavy (non-hydrogen) atoms. The molecule has 0 aliphatic rings. The van der Waals surface area contributed by atoms with Gasteiger partial charge in [-0.15, -0.1) is 11.8 Å². The van der Waals surface area contributed by atoms with Gasteiger partial charge in [0.05, 0.1) is 21.8 Å². The molecule has 9 heteroatoms. The maximum Gasteiger partial charge on any atom is 0.417 e. The number of thioether (sulfide) groups is 1. The van der Waals surface area contributed by atoms with Gasteiger partial charge < -0.3 is 5.32 Å². The van der Waals surface area contributed by atoms with Crippen LogP contribution < -0.4 is 5.32 Å². The minimum absolute atomic E-state index is 0.0762. The van der Waals surface area contributed by atoms with Crippen LogP contribution in [0, 0.1) is 0 Å². The first kappa shape index (κ1) is 19.5. The Hall–Kier alpha value is -1.80. The SMILES string of the molecule is CCSc1ncccc1C(=O)NCCc1ncc(C(F)(F)F)cc1Cl. The van der Waals surface area contributed by atoms with Crippen molar-refractivity contribution in [3.63, 3.8) is 0 Å². The molecule has 0 saturated heterocycles. The quantitative estimate of drug-likeness (QED) is 0.751. The molecule has 0 radical (unpaired) electrons. The zero-order chi connectivity index (χ0) is 18.4. The van der Waals surface area contributed by atoms with Crippen molar-refractivity contribution in [1.82, 2.24) is 15.3 Å². The molecule has 0 atom stereocenters. The molecule has 4 nitrogen and oxygen atoms in total. The van der Waals surface area contributed by atoms with E-state index in [1.165, 1.54) is 11.8 Å². The fourth-order valence-corrected chi connectivity index (χ4v) is 3.00. The molecule has 0 fully saturated rings. The van der Waals surface area contributed by atoms with E-state index < -0.39 is 11.7 Å². The molecule has 1 amide bonds. The average molecular weight is 390 g/mol. The Labute approximate surface area is 152 Å². The van der Waals surface area contributed by atoms with Crippen molar-refractivity contribution in [2.75, 3.05) is 12.3 Å². The summed E-state index contributed by atoms with van der Waals surface area (Å²) in [6, 6.07) is 4.18. The van der Waals surface area contributed by atoms with Crippen LogP contribution in [0.3, 0.4) is 0 Å². The van der Waals surface area contributed by atoms with Crippen LogP contribution in [0.1, 0.15) is 28.5 Å². The number of pyridine rings is 2. The maximum absolute atomic E-state index is 12.6. The first-order chi connectivity index (χ1) is 11.8. The molecule has 134 valence electrons. The van der Waals surface area contributed by atoms with E-state index in [0.717, 1.165) is 18.0 Å².